The maximum absolute atomic E-state index is 10.5. The van der Waals surface area contributed by atoms with Crippen LogP contribution in [0.5, 0.6) is 0 Å². The summed E-state index contributed by atoms with van der Waals surface area (Å²) in [5.41, 5.74) is 0.475. The van der Waals surface area contributed by atoms with E-state index in [1.807, 2.05) is 0 Å². The molecule has 6 nitrogen and oxygen atoms in total. The lowest BCUT2D eigenvalue weighted by Gasteiger charge is -1.92. The third-order valence-electron chi connectivity index (χ3n) is 1.57. The Hall–Kier alpha value is -1.95. The van der Waals surface area contributed by atoms with E-state index in [1.54, 1.807) is 6.07 Å². The summed E-state index contributed by atoms with van der Waals surface area (Å²) >= 11 is 5.70. The lowest BCUT2D eigenvalue weighted by atomic mass is 10.3. The van der Waals surface area contributed by atoms with E-state index < -0.39 is 11.8 Å². The molecule has 1 N–H and O–H groups in total. The second kappa shape index (κ2) is 3.66. The maximum atomic E-state index is 10.5. The first-order chi connectivity index (χ1) is 7.16. The fraction of sp³-hybridized carbons (Fsp3) is 0. The van der Waals surface area contributed by atoms with E-state index in [4.69, 9.17) is 21.2 Å². The van der Waals surface area contributed by atoms with Crippen molar-refractivity contribution < 1.29 is 14.4 Å². The van der Waals surface area contributed by atoms with Crippen LogP contribution in [0.3, 0.4) is 0 Å². The van der Waals surface area contributed by atoms with Crippen LogP contribution in [0, 0.1) is 0 Å². The molecule has 7 heteroatoms. The highest BCUT2D eigenvalue weighted by Crippen LogP contribution is 2.19. The third kappa shape index (κ3) is 1.94. The quantitative estimate of drug-likeness (QED) is 0.833. The zero-order valence-corrected chi connectivity index (χ0v) is 7.97. The van der Waals surface area contributed by atoms with Crippen LogP contribution in [0.4, 0.5) is 0 Å². The molecule has 0 saturated heterocycles. The Morgan fingerprint density at radius 2 is 2.27 bits per heavy atom. The van der Waals surface area contributed by atoms with Crippen molar-refractivity contribution in [2.45, 2.75) is 0 Å². The largest absolute Gasteiger partial charge is 0.475 e. The van der Waals surface area contributed by atoms with E-state index in [0.29, 0.717) is 10.6 Å². The molecule has 2 heterocycles. The number of hydrogen-bond donors (Lipinski definition) is 1. The Bertz CT molecular complexity index is 511. The fourth-order valence-electron chi connectivity index (χ4n) is 0.956. The number of hydrogen-bond acceptors (Lipinski definition) is 5. The van der Waals surface area contributed by atoms with Crippen molar-refractivity contribution in [1.82, 2.24) is 15.1 Å². The molecule has 2 rings (SSSR count). The number of nitrogens with zero attached hydrogens (tertiary/aromatic N) is 3. The summed E-state index contributed by atoms with van der Waals surface area (Å²) in [6, 6.07) is 1.55. The molecule has 0 spiro atoms. The van der Waals surface area contributed by atoms with Crippen LogP contribution in [0.1, 0.15) is 10.6 Å². The second-order valence-electron chi connectivity index (χ2n) is 2.62. The van der Waals surface area contributed by atoms with E-state index in [1.165, 1.54) is 12.4 Å². The molecule has 0 aliphatic rings. The van der Waals surface area contributed by atoms with Crippen LogP contribution in [0.15, 0.2) is 23.0 Å². The second-order valence-corrected chi connectivity index (χ2v) is 3.06. The van der Waals surface area contributed by atoms with E-state index in [0.717, 1.165) is 0 Å². The average molecular weight is 226 g/mol. The fourth-order valence-corrected chi connectivity index (χ4v) is 1.13. The summed E-state index contributed by atoms with van der Waals surface area (Å²) in [5, 5.41) is 12.2. The Kier molecular flexibility index (Phi) is 2.34. The summed E-state index contributed by atoms with van der Waals surface area (Å²) in [5.74, 6) is -1.58. The highest BCUT2D eigenvalue weighted by molar-refractivity contribution is 6.30. The number of carboxylic acids is 1. The molecule has 15 heavy (non-hydrogen) atoms. The minimum atomic E-state index is -1.25. The Labute approximate surface area is 88.5 Å². The van der Waals surface area contributed by atoms with Crippen LogP contribution in [0.2, 0.25) is 5.02 Å². The summed E-state index contributed by atoms with van der Waals surface area (Å²) in [6.07, 6.45) is 2.89. The van der Waals surface area contributed by atoms with Crippen LogP contribution in [-0.4, -0.2) is 26.2 Å². The summed E-state index contributed by atoms with van der Waals surface area (Å²) in [6.45, 7) is 0. The number of pyridine rings is 1. The SMILES string of the molecule is O=C(O)c1noc(-c2cncc(Cl)c2)n1. The highest BCUT2D eigenvalue weighted by Gasteiger charge is 2.14. The van der Waals surface area contributed by atoms with Gasteiger partial charge in [-0.25, -0.2) is 4.79 Å². The normalized spacial score (nSPS) is 10.2. The Balaban J connectivity index is 2.41. The third-order valence-corrected chi connectivity index (χ3v) is 1.78. The van der Waals surface area contributed by atoms with Crippen molar-refractivity contribution in [2.24, 2.45) is 0 Å². The Morgan fingerprint density at radius 3 is 2.87 bits per heavy atom. The predicted molar refractivity (Wildman–Crippen MR) is 49.5 cm³/mol. The molecule has 0 aliphatic carbocycles. The maximum Gasteiger partial charge on any atom is 0.377 e. The van der Waals surface area contributed by atoms with Crippen molar-refractivity contribution in [1.29, 1.82) is 0 Å². The lowest BCUT2D eigenvalue weighted by molar-refractivity contribution is 0.0680. The molecular weight excluding hydrogens is 222 g/mol. The molecule has 0 fully saturated rings. The molecular formula is C8H4ClN3O3. The van der Waals surface area contributed by atoms with Gasteiger partial charge in [0.15, 0.2) is 0 Å². The summed E-state index contributed by atoms with van der Waals surface area (Å²) in [4.78, 5) is 17.9. The molecule has 0 aromatic carbocycles. The highest BCUT2D eigenvalue weighted by atomic mass is 35.5. The van der Waals surface area contributed by atoms with E-state index >= 15 is 0 Å². The van der Waals surface area contributed by atoms with Gasteiger partial charge >= 0.3 is 5.97 Å². The Morgan fingerprint density at radius 1 is 1.47 bits per heavy atom. The first-order valence-electron chi connectivity index (χ1n) is 3.85. The number of aromatic carboxylic acids is 1. The van der Waals surface area contributed by atoms with Gasteiger partial charge in [-0.1, -0.05) is 11.6 Å². The number of carbonyl (C=O) groups is 1. The number of halogens is 1. The number of aromatic nitrogens is 3. The molecule has 0 aliphatic heterocycles. The molecule has 0 bridgehead atoms. The minimum absolute atomic E-state index is 0.0717. The van der Waals surface area contributed by atoms with Gasteiger partial charge in [0.2, 0.25) is 0 Å². The van der Waals surface area contributed by atoms with Crippen molar-refractivity contribution in [2.75, 3.05) is 0 Å². The zero-order valence-electron chi connectivity index (χ0n) is 7.22. The van der Waals surface area contributed by atoms with Gasteiger partial charge in [0, 0.05) is 12.4 Å². The van der Waals surface area contributed by atoms with Gasteiger partial charge in [0.25, 0.3) is 11.7 Å². The molecule has 0 amide bonds. The molecule has 0 unspecified atom stereocenters. The van der Waals surface area contributed by atoms with E-state index in [-0.39, 0.29) is 5.89 Å². The molecule has 0 atom stereocenters. The molecule has 2 aromatic rings. The minimum Gasteiger partial charge on any atom is -0.475 e. The monoisotopic (exact) mass is 225 g/mol. The van der Waals surface area contributed by atoms with Crippen LogP contribution in [0.25, 0.3) is 11.5 Å². The lowest BCUT2D eigenvalue weighted by Crippen LogP contribution is -1.98. The van der Waals surface area contributed by atoms with Gasteiger partial charge in [-0.3, -0.25) is 4.98 Å². The summed E-state index contributed by atoms with van der Waals surface area (Å²) < 4.78 is 4.73. The molecule has 0 saturated carbocycles. The van der Waals surface area contributed by atoms with Crippen molar-refractivity contribution in [3.8, 4) is 11.5 Å². The molecule has 0 radical (unpaired) electrons. The van der Waals surface area contributed by atoms with Gasteiger partial charge < -0.3 is 9.63 Å². The van der Waals surface area contributed by atoms with Crippen molar-refractivity contribution in [3.05, 3.63) is 29.3 Å². The number of carboxylic acid groups (broad SMARTS) is 1. The van der Waals surface area contributed by atoms with E-state index in [2.05, 4.69) is 15.1 Å². The first kappa shape index (κ1) is 9.60. The van der Waals surface area contributed by atoms with Gasteiger partial charge in [0.1, 0.15) is 0 Å². The first-order valence-corrected chi connectivity index (χ1v) is 4.22. The van der Waals surface area contributed by atoms with Crippen molar-refractivity contribution >= 4 is 17.6 Å². The molecule has 2 aromatic heterocycles. The smallest absolute Gasteiger partial charge is 0.377 e. The van der Waals surface area contributed by atoms with Crippen LogP contribution in [-0.2, 0) is 0 Å². The number of rotatable bonds is 2. The molecule has 76 valence electrons. The van der Waals surface area contributed by atoms with Gasteiger partial charge in [-0.05, 0) is 11.2 Å². The van der Waals surface area contributed by atoms with Crippen LogP contribution >= 0.6 is 11.6 Å². The summed E-state index contributed by atoms with van der Waals surface area (Å²) in [7, 11) is 0. The predicted octanol–water partition coefficient (Wildman–Crippen LogP) is 1.48. The van der Waals surface area contributed by atoms with Crippen molar-refractivity contribution in [3.63, 3.8) is 0 Å². The van der Waals surface area contributed by atoms with Gasteiger partial charge in [-0.15, -0.1) is 0 Å². The topological polar surface area (TPSA) is 89.1 Å². The zero-order chi connectivity index (χ0) is 10.8. The van der Waals surface area contributed by atoms with Gasteiger partial charge in [-0.2, -0.15) is 4.98 Å². The van der Waals surface area contributed by atoms with E-state index in [9.17, 15) is 4.79 Å². The average Bonchev–Trinajstić information content (AvgIpc) is 2.66. The van der Waals surface area contributed by atoms with Crippen LogP contribution < -0.4 is 0 Å². The van der Waals surface area contributed by atoms with Gasteiger partial charge in [0.05, 0.1) is 10.6 Å². The standard InChI is InChI=1S/C8H4ClN3O3/c9-5-1-4(2-10-3-5)7-11-6(8(13)14)12-15-7/h1-3H,(H,13,14).